The Balaban J connectivity index is 0.000000451. The fourth-order valence-electron chi connectivity index (χ4n) is 2.33. The predicted octanol–water partition coefficient (Wildman–Crippen LogP) is 2.72. The Morgan fingerprint density at radius 3 is 1.58 bits per heavy atom. The molecule has 10 nitrogen and oxygen atoms in total. The van der Waals surface area contributed by atoms with Crippen LogP contribution in [0.25, 0.3) is 0 Å². The topological polar surface area (TPSA) is 123 Å². The standard InChI is InChI=1S/C15H20N2O6.C8H8O2/c1-16(2)13(19)22-15(12(18)21-5,23-14(20)17(3)4)11-9-7-6-8-10-11;9-8(10)6-7-4-2-1-3-5-7/h6-10H,1-5H3;1-5H,6H2,(H,9,10). The van der Waals surface area contributed by atoms with Crippen LogP contribution >= 0.6 is 0 Å². The molecule has 2 aromatic carbocycles. The lowest BCUT2D eigenvalue weighted by atomic mass is 10.1. The van der Waals surface area contributed by atoms with Gasteiger partial charge in [0.2, 0.25) is 0 Å². The van der Waals surface area contributed by atoms with Crippen molar-refractivity contribution in [1.29, 1.82) is 0 Å². The third-order valence-corrected chi connectivity index (χ3v) is 4.00. The van der Waals surface area contributed by atoms with E-state index in [4.69, 9.17) is 19.3 Å². The van der Waals surface area contributed by atoms with Crippen LogP contribution in [0, 0.1) is 0 Å². The van der Waals surface area contributed by atoms with Gasteiger partial charge in [-0.3, -0.25) is 4.79 Å². The largest absolute Gasteiger partial charge is 0.481 e. The Kier molecular flexibility index (Phi) is 10.4. The highest BCUT2D eigenvalue weighted by molar-refractivity contribution is 5.85. The average Bonchev–Trinajstić information content (AvgIpc) is 2.79. The van der Waals surface area contributed by atoms with Gasteiger partial charge in [0.15, 0.2) is 0 Å². The van der Waals surface area contributed by atoms with Gasteiger partial charge in [-0.05, 0) is 5.56 Å². The lowest BCUT2D eigenvalue weighted by molar-refractivity contribution is -0.214. The number of carboxylic acids is 1. The number of esters is 1. The van der Waals surface area contributed by atoms with E-state index >= 15 is 0 Å². The zero-order valence-electron chi connectivity index (χ0n) is 19.2. The van der Waals surface area contributed by atoms with E-state index in [0.29, 0.717) is 0 Å². The third kappa shape index (κ3) is 8.17. The van der Waals surface area contributed by atoms with E-state index in [9.17, 15) is 19.2 Å². The molecule has 0 saturated carbocycles. The van der Waals surface area contributed by atoms with Gasteiger partial charge in [0.25, 0.3) is 0 Å². The smallest absolute Gasteiger partial charge is 0.413 e. The van der Waals surface area contributed by atoms with Crippen LogP contribution in [-0.4, -0.2) is 74.3 Å². The maximum atomic E-state index is 12.3. The van der Waals surface area contributed by atoms with E-state index in [2.05, 4.69) is 0 Å². The van der Waals surface area contributed by atoms with E-state index in [1.807, 2.05) is 18.2 Å². The van der Waals surface area contributed by atoms with Gasteiger partial charge in [0.1, 0.15) is 0 Å². The number of hydrogen-bond donors (Lipinski definition) is 1. The van der Waals surface area contributed by atoms with Crippen molar-refractivity contribution < 1.29 is 38.5 Å². The maximum absolute atomic E-state index is 12.3. The van der Waals surface area contributed by atoms with Crippen molar-refractivity contribution >= 4 is 24.1 Å². The summed E-state index contributed by atoms with van der Waals surface area (Å²) in [5, 5.41) is 8.37. The van der Waals surface area contributed by atoms with Crippen molar-refractivity contribution in [3.8, 4) is 0 Å². The van der Waals surface area contributed by atoms with Crippen molar-refractivity contribution in [2.45, 2.75) is 12.2 Å². The van der Waals surface area contributed by atoms with E-state index in [-0.39, 0.29) is 12.0 Å². The number of nitrogens with zero attached hydrogens (tertiary/aromatic N) is 2. The summed E-state index contributed by atoms with van der Waals surface area (Å²) in [6, 6.07) is 17.0. The van der Waals surface area contributed by atoms with Crippen LogP contribution in [0.1, 0.15) is 11.1 Å². The molecule has 0 aliphatic heterocycles. The van der Waals surface area contributed by atoms with Crippen molar-refractivity contribution in [1.82, 2.24) is 9.80 Å². The van der Waals surface area contributed by atoms with Crippen LogP contribution in [0.3, 0.4) is 0 Å². The Morgan fingerprint density at radius 1 is 0.788 bits per heavy atom. The molecule has 2 aromatic rings. The number of benzene rings is 2. The Bertz CT molecular complexity index is 908. The molecular weight excluding hydrogens is 432 g/mol. The Morgan fingerprint density at radius 2 is 1.21 bits per heavy atom. The van der Waals surface area contributed by atoms with Crippen LogP contribution in [0.4, 0.5) is 9.59 Å². The minimum atomic E-state index is -2.33. The molecule has 0 heterocycles. The minimum absolute atomic E-state index is 0.112. The van der Waals surface area contributed by atoms with Gasteiger partial charge in [-0.15, -0.1) is 0 Å². The molecule has 0 saturated heterocycles. The summed E-state index contributed by atoms with van der Waals surface area (Å²) in [5.74, 6) is -4.15. The van der Waals surface area contributed by atoms with E-state index in [1.165, 1.54) is 40.3 Å². The maximum Gasteiger partial charge on any atom is 0.413 e. The molecule has 0 aliphatic carbocycles. The van der Waals surface area contributed by atoms with E-state index in [0.717, 1.165) is 22.5 Å². The fourth-order valence-corrected chi connectivity index (χ4v) is 2.33. The van der Waals surface area contributed by atoms with Gasteiger partial charge >= 0.3 is 29.9 Å². The van der Waals surface area contributed by atoms with Crippen molar-refractivity contribution in [3.63, 3.8) is 0 Å². The van der Waals surface area contributed by atoms with Crippen molar-refractivity contribution in [3.05, 3.63) is 71.8 Å². The van der Waals surface area contributed by atoms with Gasteiger partial charge in [-0.1, -0.05) is 60.7 Å². The number of amides is 2. The zero-order valence-corrected chi connectivity index (χ0v) is 19.2. The number of aliphatic carboxylic acids is 1. The summed E-state index contributed by atoms with van der Waals surface area (Å²) in [7, 11) is 6.84. The number of hydrogen-bond acceptors (Lipinski definition) is 7. The first-order valence-electron chi connectivity index (χ1n) is 9.73. The molecule has 0 spiro atoms. The van der Waals surface area contributed by atoms with E-state index < -0.39 is 29.9 Å². The Labute approximate surface area is 192 Å². The van der Waals surface area contributed by atoms with Gasteiger partial charge in [0.05, 0.1) is 13.5 Å². The number of rotatable bonds is 6. The van der Waals surface area contributed by atoms with Gasteiger partial charge in [-0.2, -0.15) is 0 Å². The van der Waals surface area contributed by atoms with Crippen LogP contribution in [0.5, 0.6) is 0 Å². The summed E-state index contributed by atoms with van der Waals surface area (Å²) in [4.78, 5) is 48.7. The molecule has 0 radical (unpaired) electrons. The number of methoxy groups -OCH3 is 1. The molecule has 2 rings (SSSR count). The molecule has 0 unspecified atom stereocenters. The first-order chi connectivity index (χ1) is 15.5. The molecular formula is C23H28N2O8. The second kappa shape index (κ2) is 12.7. The van der Waals surface area contributed by atoms with Gasteiger partial charge in [0, 0.05) is 33.8 Å². The summed E-state index contributed by atoms with van der Waals surface area (Å²) >= 11 is 0. The van der Waals surface area contributed by atoms with Crippen molar-refractivity contribution in [2.75, 3.05) is 35.3 Å². The van der Waals surface area contributed by atoms with Crippen LogP contribution in [-0.2, 0) is 36.0 Å². The molecule has 0 fully saturated rings. The first-order valence-corrected chi connectivity index (χ1v) is 9.73. The highest BCUT2D eigenvalue weighted by Gasteiger charge is 2.51. The first kappa shape index (κ1) is 27.0. The number of carbonyl (C=O) groups is 4. The molecule has 0 aliphatic rings. The summed E-state index contributed by atoms with van der Waals surface area (Å²) < 4.78 is 15.1. The number of carboxylic acid groups (broad SMARTS) is 1. The molecule has 2 amide bonds. The summed E-state index contributed by atoms with van der Waals surface area (Å²) in [5.41, 5.74) is 0.993. The lowest BCUT2D eigenvalue weighted by Crippen LogP contribution is -2.48. The average molecular weight is 460 g/mol. The SMILES string of the molecule is COC(=O)C(OC(=O)N(C)C)(OC(=O)N(C)C)c1ccccc1.O=C(O)Cc1ccccc1. The van der Waals surface area contributed by atoms with Crippen molar-refractivity contribution in [2.24, 2.45) is 0 Å². The predicted molar refractivity (Wildman–Crippen MR) is 118 cm³/mol. The molecule has 33 heavy (non-hydrogen) atoms. The van der Waals surface area contributed by atoms with Crippen LogP contribution in [0.15, 0.2) is 60.7 Å². The zero-order chi connectivity index (χ0) is 25.0. The molecule has 0 bridgehead atoms. The van der Waals surface area contributed by atoms with Crippen LogP contribution in [0.2, 0.25) is 0 Å². The molecule has 0 aromatic heterocycles. The second-order valence-electron chi connectivity index (χ2n) is 7.06. The monoisotopic (exact) mass is 460 g/mol. The van der Waals surface area contributed by atoms with E-state index in [1.54, 1.807) is 30.3 Å². The number of ether oxygens (including phenoxy) is 3. The summed E-state index contributed by atoms with van der Waals surface area (Å²) in [6.45, 7) is 0. The molecule has 10 heteroatoms. The van der Waals surface area contributed by atoms with Gasteiger partial charge < -0.3 is 29.1 Å². The molecule has 178 valence electrons. The number of carbonyl (C=O) groups excluding carboxylic acids is 3. The molecule has 0 atom stereocenters. The normalized spacial score (nSPS) is 10.1. The second-order valence-corrected chi connectivity index (χ2v) is 7.06. The molecule has 1 N–H and O–H groups in total. The highest BCUT2D eigenvalue weighted by atomic mass is 16.8. The minimum Gasteiger partial charge on any atom is -0.481 e. The third-order valence-electron chi connectivity index (χ3n) is 4.00. The van der Waals surface area contributed by atoms with Gasteiger partial charge in [-0.25, -0.2) is 14.4 Å². The quantitative estimate of drug-likeness (QED) is 0.516. The fraction of sp³-hybridized carbons (Fsp3) is 0.304. The van der Waals surface area contributed by atoms with Crippen LogP contribution < -0.4 is 0 Å². The Hall–Kier alpha value is -4.08. The summed E-state index contributed by atoms with van der Waals surface area (Å²) in [6.07, 6.45) is -1.63. The highest BCUT2D eigenvalue weighted by Crippen LogP contribution is 2.30. The lowest BCUT2D eigenvalue weighted by Gasteiger charge is -2.31.